The summed E-state index contributed by atoms with van der Waals surface area (Å²) < 4.78 is 13.4. The normalized spacial score (nSPS) is 17.2. The third kappa shape index (κ3) is 3.15. The van der Waals surface area contributed by atoms with Crippen molar-refractivity contribution in [2.45, 2.75) is 38.7 Å². The molecule has 28 heavy (non-hydrogen) atoms. The fourth-order valence-electron chi connectivity index (χ4n) is 3.35. The molecule has 5 rings (SSSR count). The zero-order valence-corrected chi connectivity index (χ0v) is 15.8. The van der Waals surface area contributed by atoms with Gasteiger partial charge >= 0.3 is 0 Å². The SMILES string of the molecule is CC1(C)Cc2cc(NC(=O)c3cnn4cccnc34)c(OCC3CC3)nc2O1. The Labute approximate surface area is 161 Å². The summed E-state index contributed by atoms with van der Waals surface area (Å²) in [6, 6.07) is 3.66. The van der Waals surface area contributed by atoms with Crippen molar-refractivity contribution in [3.8, 4) is 11.8 Å². The average molecular weight is 379 g/mol. The first kappa shape index (κ1) is 17.0. The van der Waals surface area contributed by atoms with Gasteiger partial charge in [-0.3, -0.25) is 4.79 Å². The molecule has 0 aromatic carbocycles. The molecule has 0 radical (unpaired) electrons. The molecular weight excluding hydrogens is 358 g/mol. The number of fused-ring (bicyclic) bond motifs is 2. The van der Waals surface area contributed by atoms with E-state index in [-0.39, 0.29) is 11.5 Å². The molecule has 1 N–H and O–H groups in total. The lowest BCUT2D eigenvalue weighted by atomic mass is 10.0. The number of hydrogen-bond donors (Lipinski definition) is 1. The van der Waals surface area contributed by atoms with Gasteiger partial charge in [-0.25, -0.2) is 9.50 Å². The summed E-state index contributed by atoms with van der Waals surface area (Å²) in [5.74, 6) is 1.23. The van der Waals surface area contributed by atoms with Crippen LogP contribution in [0.5, 0.6) is 11.8 Å². The van der Waals surface area contributed by atoms with Crippen molar-refractivity contribution in [3.05, 3.63) is 41.9 Å². The van der Waals surface area contributed by atoms with Crippen LogP contribution in [0.2, 0.25) is 0 Å². The summed E-state index contributed by atoms with van der Waals surface area (Å²) in [6.45, 7) is 4.63. The van der Waals surface area contributed by atoms with Gasteiger partial charge in [-0.2, -0.15) is 10.1 Å². The van der Waals surface area contributed by atoms with Gasteiger partial charge in [0, 0.05) is 24.4 Å². The highest BCUT2D eigenvalue weighted by Crippen LogP contribution is 2.39. The quantitative estimate of drug-likeness (QED) is 0.733. The molecule has 4 heterocycles. The van der Waals surface area contributed by atoms with Crippen molar-refractivity contribution in [2.24, 2.45) is 5.92 Å². The predicted molar refractivity (Wildman–Crippen MR) is 102 cm³/mol. The molecule has 1 saturated carbocycles. The van der Waals surface area contributed by atoms with E-state index in [1.165, 1.54) is 19.0 Å². The van der Waals surface area contributed by atoms with E-state index < -0.39 is 0 Å². The molecule has 1 fully saturated rings. The van der Waals surface area contributed by atoms with Gasteiger partial charge in [-0.15, -0.1) is 0 Å². The van der Waals surface area contributed by atoms with Crippen molar-refractivity contribution >= 4 is 17.2 Å². The lowest BCUT2D eigenvalue weighted by Crippen LogP contribution is -2.24. The van der Waals surface area contributed by atoms with Gasteiger partial charge in [0.25, 0.3) is 5.91 Å². The molecule has 0 bridgehead atoms. The van der Waals surface area contributed by atoms with E-state index in [0.717, 1.165) is 12.0 Å². The predicted octanol–water partition coefficient (Wildman–Crippen LogP) is 2.88. The third-order valence-electron chi connectivity index (χ3n) is 4.94. The first-order valence-corrected chi connectivity index (χ1v) is 9.44. The first-order valence-electron chi connectivity index (χ1n) is 9.44. The molecule has 0 unspecified atom stereocenters. The molecule has 8 nitrogen and oxygen atoms in total. The number of anilines is 1. The maximum absolute atomic E-state index is 12.9. The van der Waals surface area contributed by atoms with Crippen molar-refractivity contribution in [1.29, 1.82) is 0 Å². The van der Waals surface area contributed by atoms with Gasteiger partial charge < -0.3 is 14.8 Å². The van der Waals surface area contributed by atoms with E-state index in [4.69, 9.17) is 9.47 Å². The average Bonchev–Trinajstić information content (AvgIpc) is 3.29. The van der Waals surface area contributed by atoms with Crippen LogP contribution in [0.3, 0.4) is 0 Å². The number of ether oxygens (including phenoxy) is 2. The van der Waals surface area contributed by atoms with E-state index >= 15 is 0 Å². The highest BCUT2D eigenvalue weighted by molar-refractivity contribution is 6.08. The summed E-state index contributed by atoms with van der Waals surface area (Å²) >= 11 is 0. The number of pyridine rings is 1. The molecule has 0 saturated heterocycles. The summed E-state index contributed by atoms with van der Waals surface area (Å²) in [5, 5.41) is 7.11. The maximum atomic E-state index is 12.9. The summed E-state index contributed by atoms with van der Waals surface area (Å²) in [4.78, 5) is 21.7. The minimum atomic E-state index is -0.321. The smallest absolute Gasteiger partial charge is 0.261 e. The van der Waals surface area contributed by atoms with Crippen molar-refractivity contribution in [3.63, 3.8) is 0 Å². The number of nitrogens with one attached hydrogen (secondary N) is 1. The Balaban J connectivity index is 1.46. The van der Waals surface area contributed by atoms with E-state index in [0.29, 0.717) is 41.2 Å². The monoisotopic (exact) mass is 379 g/mol. The van der Waals surface area contributed by atoms with Gasteiger partial charge in [0.05, 0.1) is 12.8 Å². The van der Waals surface area contributed by atoms with E-state index in [2.05, 4.69) is 20.4 Å². The lowest BCUT2D eigenvalue weighted by Gasteiger charge is -2.16. The standard InChI is InChI=1S/C20H21N5O3/c1-20(2)9-13-8-15(19(24-18(13)28-20)27-11-12-4-5-12)23-17(26)14-10-22-25-7-3-6-21-16(14)25/h3,6-8,10,12H,4-5,9,11H2,1-2H3,(H,23,26). The molecule has 3 aromatic heterocycles. The second-order valence-electron chi connectivity index (χ2n) is 8.00. The van der Waals surface area contributed by atoms with Crippen LogP contribution in [0.15, 0.2) is 30.7 Å². The van der Waals surface area contributed by atoms with Gasteiger partial charge in [-0.05, 0) is 44.7 Å². The number of nitrogens with zero attached hydrogens (tertiary/aromatic N) is 4. The molecule has 8 heteroatoms. The third-order valence-corrected chi connectivity index (χ3v) is 4.94. The van der Waals surface area contributed by atoms with Crippen molar-refractivity contribution in [1.82, 2.24) is 19.6 Å². The fourth-order valence-corrected chi connectivity index (χ4v) is 3.35. The molecular formula is C20H21N5O3. The van der Waals surface area contributed by atoms with Gasteiger partial charge in [0.15, 0.2) is 5.65 Å². The Morgan fingerprint density at radius 3 is 3.11 bits per heavy atom. The number of carbonyl (C=O) groups is 1. The number of carbonyl (C=O) groups excluding carboxylic acids is 1. The largest absolute Gasteiger partial charge is 0.476 e. The van der Waals surface area contributed by atoms with Gasteiger partial charge in [0.2, 0.25) is 11.8 Å². The van der Waals surface area contributed by atoms with Crippen LogP contribution in [0.1, 0.15) is 42.6 Å². The molecule has 0 spiro atoms. The highest BCUT2D eigenvalue weighted by Gasteiger charge is 2.33. The zero-order valence-electron chi connectivity index (χ0n) is 15.8. The summed E-state index contributed by atoms with van der Waals surface area (Å²) in [5.41, 5.74) is 2.07. The van der Waals surface area contributed by atoms with Crippen LogP contribution in [0, 0.1) is 5.92 Å². The second-order valence-corrected chi connectivity index (χ2v) is 8.00. The Morgan fingerprint density at radius 2 is 2.29 bits per heavy atom. The molecule has 3 aromatic rings. The fraction of sp³-hybridized carbons (Fsp3) is 0.400. The number of rotatable bonds is 5. The summed E-state index contributed by atoms with van der Waals surface area (Å²) in [7, 11) is 0. The molecule has 1 amide bonds. The Hall–Kier alpha value is -3.16. The van der Waals surface area contributed by atoms with E-state index in [9.17, 15) is 4.79 Å². The van der Waals surface area contributed by atoms with Gasteiger partial charge in [-0.1, -0.05) is 0 Å². The van der Waals surface area contributed by atoms with Crippen molar-refractivity contribution in [2.75, 3.05) is 11.9 Å². The first-order chi connectivity index (χ1) is 13.5. The molecule has 0 atom stereocenters. The number of amides is 1. The van der Waals surface area contributed by atoms with Crippen LogP contribution in [0.4, 0.5) is 5.69 Å². The topological polar surface area (TPSA) is 90.6 Å². The molecule has 144 valence electrons. The number of aromatic nitrogens is 4. The number of hydrogen-bond acceptors (Lipinski definition) is 6. The van der Waals surface area contributed by atoms with Crippen LogP contribution >= 0.6 is 0 Å². The summed E-state index contributed by atoms with van der Waals surface area (Å²) in [6.07, 6.45) is 7.96. The van der Waals surface area contributed by atoms with Crippen LogP contribution in [-0.2, 0) is 6.42 Å². The van der Waals surface area contributed by atoms with E-state index in [1.807, 2.05) is 19.9 Å². The van der Waals surface area contributed by atoms with Crippen LogP contribution < -0.4 is 14.8 Å². The molecule has 1 aliphatic heterocycles. The second kappa shape index (κ2) is 6.19. The zero-order chi connectivity index (χ0) is 19.3. The Morgan fingerprint density at radius 1 is 1.43 bits per heavy atom. The van der Waals surface area contributed by atoms with Crippen LogP contribution in [0.25, 0.3) is 5.65 Å². The van der Waals surface area contributed by atoms with Crippen LogP contribution in [-0.4, -0.2) is 37.7 Å². The lowest BCUT2D eigenvalue weighted by molar-refractivity contribution is 0.102. The molecule has 1 aliphatic carbocycles. The van der Waals surface area contributed by atoms with E-state index in [1.54, 1.807) is 23.0 Å². The Bertz CT molecular complexity index is 1070. The minimum Gasteiger partial charge on any atom is -0.476 e. The minimum absolute atomic E-state index is 0.301. The molecule has 2 aliphatic rings. The van der Waals surface area contributed by atoms with Gasteiger partial charge in [0.1, 0.15) is 16.9 Å². The Kier molecular flexibility index (Phi) is 3.75. The maximum Gasteiger partial charge on any atom is 0.261 e. The van der Waals surface area contributed by atoms with Crippen molar-refractivity contribution < 1.29 is 14.3 Å². The highest BCUT2D eigenvalue weighted by atomic mass is 16.5.